The van der Waals surface area contributed by atoms with E-state index in [1.165, 1.54) is 30.5 Å². The van der Waals surface area contributed by atoms with Crippen LogP contribution in [0.5, 0.6) is 11.5 Å². The number of hydrogen-bond donors (Lipinski definition) is 1. The number of carbonyl (C=O) groups excluding carboxylic acids is 1. The molecule has 1 N–H and O–H groups in total. The molecule has 1 amide bonds. The zero-order valence-electron chi connectivity index (χ0n) is 15.6. The Morgan fingerprint density at radius 1 is 1.36 bits per heavy atom. The van der Waals surface area contributed by atoms with Gasteiger partial charge in [-0.25, -0.2) is 5.43 Å². The van der Waals surface area contributed by atoms with Gasteiger partial charge in [-0.3, -0.25) is 14.9 Å². The van der Waals surface area contributed by atoms with E-state index in [9.17, 15) is 14.9 Å². The Hall–Kier alpha value is -3.13. The maximum Gasteiger partial charge on any atom is 0.271 e. The summed E-state index contributed by atoms with van der Waals surface area (Å²) in [6, 6.07) is 8.68. The van der Waals surface area contributed by atoms with Crippen LogP contribution in [0.15, 0.2) is 41.5 Å². The summed E-state index contributed by atoms with van der Waals surface area (Å²) in [5, 5.41) is 15.0. The standard InChI is InChI=1S/C19H20ClN3O5/c1-4-27-17-9-13(8-16(20)18(17)28-12(2)3)11-21-22-19(24)14-6-5-7-15(10-14)23(25)26/h5-12H,4H2,1-3H3,(H,22,24)/b21-11+. The number of benzene rings is 2. The molecule has 0 aliphatic carbocycles. The molecule has 0 aliphatic heterocycles. The molecule has 2 aromatic carbocycles. The maximum atomic E-state index is 12.1. The number of rotatable bonds is 8. The van der Waals surface area contributed by atoms with Crippen molar-refractivity contribution in [2.45, 2.75) is 26.9 Å². The molecular formula is C19H20ClN3O5. The lowest BCUT2D eigenvalue weighted by atomic mass is 10.2. The molecule has 0 saturated carbocycles. The van der Waals surface area contributed by atoms with Crippen LogP contribution in [0.3, 0.4) is 0 Å². The first-order valence-electron chi connectivity index (χ1n) is 8.52. The molecule has 0 aromatic heterocycles. The lowest BCUT2D eigenvalue weighted by Gasteiger charge is -2.16. The van der Waals surface area contributed by atoms with E-state index in [-0.39, 0.29) is 17.4 Å². The van der Waals surface area contributed by atoms with E-state index in [4.69, 9.17) is 21.1 Å². The largest absolute Gasteiger partial charge is 0.490 e. The number of hydrazone groups is 1. The summed E-state index contributed by atoms with van der Waals surface area (Å²) in [4.78, 5) is 22.3. The highest BCUT2D eigenvalue weighted by Crippen LogP contribution is 2.37. The van der Waals surface area contributed by atoms with Crippen LogP contribution >= 0.6 is 11.6 Å². The quantitative estimate of drug-likeness (QED) is 0.402. The number of nitrogens with one attached hydrogen (secondary N) is 1. The number of carbonyl (C=O) groups is 1. The molecule has 2 rings (SSSR count). The van der Waals surface area contributed by atoms with Crippen LogP contribution in [-0.4, -0.2) is 29.8 Å². The van der Waals surface area contributed by atoms with Crippen LogP contribution in [0.4, 0.5) is 5.69 Å². The fourth-order valence-corrected chi connectivity index (χ4v) is 2.53. The van der Waals surface area contributed by atoms with Crippen LogP contribution in [0.2, 0.25) is 5.02 Å². The Morgan fingerprint density at radius 2 is 2.11 bits per heavy atom. The van der Waals surface area contributed by atoms with E-state index < -0.39 is 10.8 Å². The van der Waals surface area contributed by atoms with Crippen LogP contribution in [0, 0.1) is 10.1 Å². The molecule has 0 atom stereocenters. The highest BCUT2D eigenvalue weighted by atomic mass is 35.5. The molecule has 0 heterocycles. The number of halogens is 1. The van der Waals surface area contributed by atoms with Gasteiger partial charge in [0.1, 0.15) is 0 Å². The predicted molar refractivity (Wildman–Crippen MR) is 107 cm³/mol. The molecule has 0 aliphatic rings. The van der Waals surface area contributed by atoms with Gasteiger partial charge in [0.2, 0.25) is 0 Å². The van der Waals surface area contributed by atoms with Crippen molar-refractivity contribution in [2.24, 2.45) is 5.10 Å². The Bertz CT molecular complexity index is 899. The van der Waals surface area contributed by atoms with Crippen molar-refractivity contribution >= 4 is 29.4 Å². The van der Waals surface area contributed by atoms with E-state index in [1.807, 2.05) is 20.8 Å². The lowest BCUT2D eigenvalue weighted by Crippen LogP contribution is -2.17. The van der Waals surface area contributed by atoms with Gasteiger partial charge in [-0.15, -0.1) is 0 Å². The summed E-state index contributed by atoms with van der Waals surface area (Å²) in [7, 11) is 0. The van der Waals surface area contributed by atoms with Crippen molar-refractivity contribution in [1.82, 2.24) is 5.43 Å². The van der Waals surface area contributed by atoms with E-state index in [2.05, 4.69) is 10.5 Å². The minimum absolute atomic E-state index is 0.0783. The summed E-state index contributed by atoms with van der Waals surface area (Å²) < 4.78 is 11.3. The van der Waals surface area contributed by atoms with Crippen LogP contribution in [-0.2, 0) is 0 Å². The zero-order chi connectivity index (χ0) is 20.7. The van der Waals surface area contributed by atoms with Crippen molar-refractivity contribution in [3.8, 4) is 11.5 Å². The third-order valence-electron chi connectivity index (χ3n) is 3.38. The van der Waals surface area contributed by atoms with Crippen LogP contribution in [0.25, 0.3) is 0 Å². The highest BCUT2D eigenvalue weighted by molar-refractivity contribution is 6.32. The number of ether oxygens (including phenoxy) is 2. The van der Waals surface area contributed by atoms with E-state index >= 15 is 0 Å². The first-order chi connectivity index (χ1) is 13.3. The summed E-state index contributed by atoms with van der Waals surface area (Å²) in [6.07, 6.45) is 1.31. The Balaban J connectivity index is 2.16. The van der Waals surface area contributed by atoms with E-state index in [1.54, 1.807) is 12.1 Å². The summed E-state index contributed by atoms with van der Waals surface area (Å²) in [6.45, 7) is 6.03. The second kappa shape index (κ2) is 9.70. The van der Waals surface area contributed by atoms with Crippen LogP contribution < -0.4 is 14.9 Å². The van der Waals surface area contributed by atoms with E-state index in [0.29, 0.717) is 28.7 Å². The molecule has 2 aromatic rings. The number of nitro groups is 1. The molecule has 0 fully saturated rings. The topological polar surface area (TPSA) is 103 Å². The average molecular weight is 406 g/mol. The Morgan fingerprint density at radius 3 is 2.75 bits per heavy atom. The van der Waals surface area contributed by atoms with Gasteiger partial charge < -0.3 is 9.47 Å². The number of non-ortho nitro benzene ring substituents is 1. The maximum absolute atomic E-state index is 12.1. The smallest absolute Gasteiger partial charge is 0.271 e. The zero-order valence-corrected chi connectivity index (χ0v) is 16.4. The molecule has 148 valence electrons. The normalized spacial score (nSPS) is 10.9. The SMILES string of the molecule is CCOc1cc(/C=N/NC(=O)c2cccc([N+](=O)[O-])c2)cc(Cl)c1OC(C)C. The fourth-order valence-electron chi connectivity index (χ4n) is 2.27. The Labute approximate surface area is 167 Å². The monoisotopic (exact) mass is 405 g/mol. The van der Waals surface area contributed by atoms with Crippen molar-refractivity contribution in [2.75, 3.05) is 6.61 Å². The van der Waals surface area contributed by atoms with Gasteiger partial charge in [0, 0.05) is 17.7 Å². The summed E-state index contributed by atoms with van der Waals surface area (Å²) >= 11 is 6.28. The number of nitro benzene ring substituents is 1. The van der Waals surface area contributed by atoms with Gasteiger partial charge in [0.15, 0.2) is 11.5 Å². The highest BCUT2D eigenvalue weighted by Gasteiger charge is 2.14. The minimum atomic E-state index is -0.573. The van der Waals surface area contributed by atoms with E-state index in [0.717, 1.165) is 0 Å². The molecule has 0 radical (unpaired) electrons. The van der Waals surface area contributed by atoms with Crippen molar-refractivity contribution in [3.63, 3.8) is 0 Å². The van der Waals surface area contributed by atoms with Crippen molar-refractivity contribution in [1.29, 1.82) is 0 Å². The second-order valence-corrected chi connectivity index (χ2v) is 6.34. The van der Waals surface area contributed by atoms with Crippen LogP contribution in [0.1, 0.15) is 36.7 Å². The molecule has 28 heavy (non-hydrogen) atoms. The third-order valence-corrected chi connectivity index (χ3v) is 3.66. The first-order valence-corrected chi connectivity index (χ1v) is 8.90. The van der Waals surface area contributed by atoms with Gasteiger partial charge >= 0.3 is 0 Å². The molecule has 0 unspecified atom stereocenters. The lowest BCUT2D eigenvalue weighted by molar-refractivity contribution is -0.384. The minimum Gasteiger partial charge on any atom is -0.490 e. The van der Waals surface area contributed by atoms with Gasteiger partial charge in [-0.05, 0) is 44.5 Å². The number of amides is 1. The number of nitrogens with zero attached hydrogens (tertiary/aromatic N) is 2. The molecule has 0 saturated heterocycles. The summed E-state index contributed by atoms with van der Waals surface area (Å²) in [5.74, 6) is 0.335. The third kappa shape index (κ3) is 5.68. The first kappa shape index (κ1) is 21.2. The van der Waals surface area contributed by atoms with Gasteiger partial charge in [-0.2, -0.15) is 5.10 Å². The average Bonchev–Trinajstić information content (AvgIpc) is 2.64. The second-order valence-electron chi connectivity index (χ2n) is 5.94. The van der Waals surface area contributed by atoms with Crippen molar-refractivity contribution in [3.05, 3.63) is 62.7 Å². The van der Waals surface area contributed by atoms with Crippen molar-refractivity contribution < 1.29 is 19.2 Å². The fraction of sp³-hybridized carbons (Fsp3) is 0.263. The molecular weight excluding hydrogens is 386 g/mol. The van der Waals surface area contributed by atoms with Gasteiger partial charge in [-0.1, -0.05) is 17.7 Å². The predicted octanol–water partition coefficient (Wildman–Crippen LogP) is 4.20. The molecule has 0 bridgehead atoms. The molecule has 0 spiro atoms. The molecule has 8 nitrogen and oxygen atoms in total. The Kier molecular flexibility index (Phi) is 7.34. The number of hydrogen-bond acceptors (Lipinski definition) is 6. The molecule has 9 heteroatoms. The summed E-state index contributed by atoms with van der Waals surface area (Å²) in [5.41, 5.74) is 2.86. The van der Waals surface area contributed by atoms with Gasteiger partial charge in [0.05, 0.1) is 28.9 Å². The van der Waals surface area contributed by atoms with Gasteiger partial charge in [0.25, 0.3) is 11.6 Å².